The third-order valence-corrected chi connectivity index (χ3v) is 3.76. The van der Waals surface area contributed by atoms with Gasteiger partial charge in [-0.1, -0.05) is 36.4 Å². The molecule has 19 heavy (non-hydrogen) atoms. The minimum absolute atomic E-state index is 0.0300. The Morgan fingerprint density at radius 2 is 1.95 bits per heavy atom. The van der Waals surface area contributed by atoms with Crippen molar-refractivity contribution in [2.24, 2.45) is 5.92 Å². The van der Waals surface area contributed by atoms with Crippen molar-refractivity contribution in [3.63, 3.8) is 0 Å². The Kier molecular flexibility index (Phi) is 2.82. The SMILES string of the molecule is COC(=O)C1CC(=O)c2ccc3ccccc3c2C1. The Balaban J connectivity index is 2.16. The molecule has 0 N–H and O–H groups in total. The summed E-state index contributed by atoms with van der Waals surface area (Å²) in [4.78, 5) is 23.8. The smallest absolute Gasteiger partial charge is 0.309 e. The van der Waals surface area contributed by atoms with Gasteiger partial charge in [0.25, 0.3) is 0 Å². The van der Waals surface area contributed by atoms with E-state index in [-0.39, 0.29) is 24.1 Å². The van der Waals surface area contributed by atoms with Crippen LogP contribution < -0.4 is 0 Å². The molecule has 1 unspecified atom stereocenters. The predicted octanol–water partition coefficient (Wildman–Crippen LogP) is 2.76. The summed E-state index contributed by atoms with van der Waals surface area (Å²) < 4.78 is 4.77. The summed E-state index contributed by atoms with van der Waals surface area (Å²) in [6.07, 6.45) is 0.827. The largest absolute Gasteiger partial charge is 0.469 e. The number of ether oxygens (including phenoxy) is 1. The van der Waals surface area contributed by atoms with E-state index in [9.17, 15) is 9.59 Å². The molecular formula is C16H14O3. The summed E-state index contributed by atoms with van der Waals surface area (Å²) in [6, 6.07) is 11.8. The predicted molar refractivity (Wildman–Crippen MR) is 72.1 cm³/mol. The van der Waals surface area contributed by atoms with Crippen LogP contribution in [0.15, 0.2) is 36.4 Å². The third-order valence-electron chi connectivity index (χ3n) is 3.76. The van der Waals surface area contributed by atoms with Gasteiger partial charge in [0, 0.05) is 12.0 Å². The lowest BCUT2D eigenvalue weighted by molar-refractivity contribution is -0.145. The fourth-order valence-corrected chi connectivity index (χ4v) is 2.80. The quantitative estimate of drug-likeness (QED) is 0.735. The van der Waals surface area contributed by atoms with Crippen LogP contribution in [-0.4, -0.2) is 18.9 Å². The average Bonchev–Trinajstić information content (AvgIpc) is 2.46. The molecule has 0 saturated heterocycles. The van der Waals surface area contributed by atoms with Gasteiger partial charge >= 0.3 is 5.97 Å². The fourth-order valence-electron chi connectivity index (χ4n) is 2.80. The van der Waals surface area contributed by atoms with E-state index in [1.165, 1.54) is 7.11 Å². The molecule has 0 heterocycles. The highest BCUT2D eigenvalue weighted by Gasteiger charge is 2.31. The number of ketones is 1. The number of fused-ring (bicyclic) bond motifs is 3. The second-order valence-corrected chi connectivity index (χ2v) is 4.86. The van der Waals surface area contributed by atoms with E-state index < -0.39 is 0 Å². The molecule has 96 valence electrons. The van der Waals surface area contributed by atoms with Crippen LogP contribution in [0.1, 0.15) is 22.3 Å². The summed E-state index contributed by atoms with van der Waals surface area (Å²) in [5, 5.41) is 2.15. The van der Waals surface area contributed by atoms with Gasteiger partial charge in [-0.25, -0.2) is 0 Å². The van der Waals surface area contributed by atoms with E-state index in [0.717, 1.165) is 21.9 Å². The summed E-state index contributed by atoms with van der Waals surface area (Å²) in [6.45, 7) is 0. The lowest BCUT2D eigenvalue weighted by atomic mass is 9.81. The molecule has 2 aromatic carbocycles. The van der Waals surface area contributed by atoms with Crippen molar-refractivity contribution in [2.45, 2.75) is 12.8 Å². The van der Waals surface area contributed by atoms with Gasteiger partial charge in [-0.3, -0.25) is 9.59 Å². The van der Waals surface area contributed by atoms with Crippen LogP contribution in [0, 0.1) is 5.92 Å². The number of benzene rings is 2. The first-order valence-electron chi connectivity index (χ1n) is 6.32. The standard InChI is InChI=1S/C16H14O3/c1-19-16(18)11-8-14-12-5-3-2-4-10(12)6-7-13(14)15(17)9-11/h2-7,11H,8-9H2,1H3. The maximum Gasteiger partial charge on any atom is 0.309 e. The van der Waals surface area contributed by atoms with Gasteiger partial charge in [0.2, 0.25) is 0 Å². The number of Topliss-reactive ketones (excluding diaryl/α,β-unsaturated/α-hetero) is 1. The first-order chi connectivity index (χ1) is 9.20. The molecular weight excluding hydrogens is 240 g/mol. The van der Waals surface area contributed by atoms with Crippen LogP contribution in [0.25, 0.3) is 10.8 Å². The minimum atomic E-state index is -0.351. The first kappa shape index (κ1) is 11.9. The van der Waals surface area contributed by atoms with Gasteiger partial charge in [-0.2, -0.15) is 0 Å². The van der Waals surface area contributed by atoms with Crippen molar-refractivity contribution in [1.82, 2.24) is 0 Å². The Morgan fingerprint density at radius 1 is 1.16 bits per heavy atom. The van der Waals surface area contributed by atoms with Crippen LogP contribution in [0.4, 0.5) is 0 Å². The molecule has 0 aromatic heterocycles. The van der Waals surface area contributed by atoms with Gasteiger partial charge < -0.3 is 4.74 Å². The van der Waals surface area contributed by atoms with Crippen LogP contribution in [0.2, 0.25) is 0 Å². The molecule has 0 spiro atoms. The highest BCUT2D eigenvalue weighted by atomic mass is 16.5. The molecule has 3 rings (SSSR count). The number of esters is 1. The molecule has 0 bridgehead atoms. The van der Waals surface area contributed by atoms with Crippen LogP contribution in [-0.2, 0) is 16.0 Å². The summed E-state index contributed by atoms with van der Waals surface area (Å²) in [5.74, 6) is -0.620. The van der Waals surface area contributed by atoms with E-state index in [1.54, 1.807) is 0 Å². The molecule has 0 radical (unpaired) electrons. The Bertz CT molecular complexity index is 673. The summed E-state index contributed by atoms with van der Waals surface area (Å²) >= 11 is 0. The van der Waals surface area contributed by atoms with E-state index >= 15 is 0 Å². The van der Waals surface area contributed by atoms with Crippen LogP contribution in [0.3, 0.4) is 0 Å². The number of rotatable bonds is 1. The maximum absolute atomic E-state index is 12.2. The number of carbonyl (C=O) groups is 2. The normalized spacial score (nSPS) is 18.2. The topological polar surface area (TPSA) is 43.4 Å². The zero-order valence-corrected chi connectivity index (χ0v) is 10.7. The van der Waals surface area contributed by atoms with Crippen LogP contribution >= 0.6 is 0 Å². The monoisotopic (exact) mass is 254 g/mol. The highest BCUT2D eigenvalue weighted by molar-refractivity contribution is 6.05. The van der Waals surface area contributed by atoms with Crippen molar-refractivity contribution < 1.29 is 14.3 Å². The van der Waals surface area contributed by atoms with E-state index in [0.29, 0.717) is 6.42 Å². The van der Waals surface area contributed by atoms with Gasteiger partial charge in [-0.05, 0) is 22.8 Å². The van der Waals surface area contributed by atoms with Crippen molar-refractivity contribution in [3.05, 3.63) is 47.5 Å². The fraction of sp³-hybridized carbons (Fsp3) is 0.250. The summed E-state index contributed by atoms with van der Waals surface area (Å²) in [5.41, 5.74) is 1.73. The lowest BCUT2D eigenvalue weighted by Gasteiger charge is -2.23. The average molecular weight is 254 g/mol. The first-order valence-corrected chi connectivity index (χ1v) is 6.32. The minimum Gasteiger partial charge on any atom is -0.469 e. The molecule has 0 amide bonds. The molecule has 0 fully saturated rings. The van der Waals surface area contributed by atoms with Gasteiger partial charge in [0.1, 0.15) is 0 Å². The van der Waals surface area contributed by atoms with Crippen molar-refractivity contribution >= 4 is 22.5 Å². The maximum atomic E-state index is 12.2. The number of methoxy groups -OCH3 is 1. The lowest BCUT2D eigenvalue weighted by Crippen LogP contribution is -2.27. The number of carbonyl (C=O) groups excluding carboxylic acids is 2. The third kappa shape index (κ3) is 1.91. The second kappa shape index (κ2) is 4.50. The molecule has 1 atom stereocenters. The second-order valence-electron chi connectivity index (χ2n) is 4.86. The Hall–Kier alpha value is -2.16. The van der Waals surface area contributed by atoms with Crippen molar-refractivity contribution in [1.29, 1.82) is 0 Å². The number of hydrogen-bond acceptors (Lipinski definition) is 3. The number of hydrogen-bond donors (Lipinski definition) is 0. The molecule has 0 aliphatic heterocycles. The van der Waals surface area contributed by atoms with Gasteiger partial charge in [0.15, 0.2) is 5.78 Å². The molecule has 3 nitrogen and oxygen atoms in total. The Labute approximate surface area is 111 Å². The van der Waals surface area contributed by atoms with Crippen molar-refractivity contribution in [2.75, 3.05) is 7.11 Å². The molecule has 0 saturated carbocycles. The van der Waals surface area contributed by atoms with Crippen LogP contribution in [0.5, 0.6) is 0 Å². The van der Waals surface area contributed by atoms with Gasteiger partial charge in [0.05, 0.1) is 13.0 Å². The van der Waals surface area contributed by atoms with Gasteiger partial charge in [-0.15, -0.1) is 0 Å². The highest BCUT2D eigenvalue weighted by Crippen LogP contribution is 2.32. The van der Waals surface area contributed by atoms with E-state index in [4.69, 9.17) is 4.74 Å². The van der Waals surface area contributed by atoms with E-state index in [1.807, 2.05) is 36.4 Å². The zero-order chi connectivity index (χ0) is 13.4. The molecule has 3 heteroatoms. The zero-order valence-electron chi connectivity index (χ0n) is 10.7. The van der Waals surface area contributed by atoms with E-state index in [2.05, 4.69) is 0 Å². The molecule has 1 aliphatic carbocycles. The molecule has 1 aliphatic rings. The molecule has 2 aromatic rings. The summed E-state index contributed by atoms with van der Waals surface area (Å²) in [7, 11) is 1.37. The van der Waals surface area contributed by atoms with Crippen molar-refractivity contribution in [3.8, 4) is 0 Å². The Morgan fingerprint density at radius 3 is 2.74 bits per heavy atom.